The molecule has 0 aromatic rings. The second-order valence-corrected chi connectivity index (χ2v) is 2.84. The monoisotopic (exact) mass is 116 g/mol. The second-order valence-electron chi connectivity index (χ2n) is 2.84. The average Bonchev–Trinajstić information content (AvgIpc) is 2.13. The molecular weight excluding hydrogens is 104 g/mol. The van der Waals surface area contributed by atoms with Crippen LogP contribution in [0.1, 0.15) is 20.8 Å². The summed E-state index contributed by atoms with van der Waals surface area (Å²) in [4.78, 5) is 0. The van der Waals surface area contributed by atoms with E-state index >= 15 is 0 Å². The quantitative estimate of drug-likeness (QED) is 0.513. The van der Waals surface area contributed by atoms with Gasteiger partial charge in [-0.3, -0.25) is 0 Å². The summed E-state index contributed by atoms with van der Waals surface area (Å²) in [7, 11) is 0. The predicted octanol–water partition coefficient (Wildman–Crippen LogP) is 0.750. The maximum Gasteiger partial charge on any atom is 0.190 e. The molecule has 0 radical (unpaired) electrons. The lowest BCUT2D eigenvalue weighted by Crippen LogP contribution is -2.11. The molecule has 1 heterocycles. The molecule has 2 nitrogen and oxygen atoms in total. The van der Waals surface area contributed by atoms with Crippen molar-refractivity contribution in [2.24, 2.45) is 5.92 Å². The number of rotatable bonds is 1. The van der Waals surface area contributed by atoms with Crippen LogP contribution < -0.4 is 0 Å². The van der Waals surface area contributed by atoms with Crippen LogP contribution in [0.15, 0.2) is 0 Å². The first-order valence-corrected chi connectivity index (χ1v) is 2.94. The van der Waals surface area contributed by atoms with Crippen molar-refractivity contribution in [3.05, 3.63) is 0 Å². The normalized spacial score (nSPS) is 45.4. The van der Waals surface area contributed by atoms with Crippen molar-refractivity contribution >= 4 is 0 Å². The highest BCUT2D eigenvalue weighted by Gasteiger charge is 2.52. The molecular formula is C6H12O2. The maximum atomic E-state index is 9.04. The topological polar surface area (TPSA) is 32.8 Å². The van der Waals surface area contributed by atoms with Crippen molar-refractivity contribution in [2.45, 2.75) is 32.7 Å². The molecule has 2 atom stereocenters. The van der Waals surface area contributed by atoms with Crippen molar-refractivity contribution < 1.29 is 9.84 Å². The molecule has 0 aromatic carbocycles. The van der Waals surface area contributed by atoms with Gasteiger partial charge in [-0.15, -0.1) is 0 Å². The summed E-state index contributed by atoms with van der Waals surface area (Å²) in [6, 6.07) is 0. The van der Waals surface area contributed by atoms with Crippen LogP contribution in [0.5, 0.6) is 0 Å². The fourth-order valence-electron chi connectivity index (χ4n) is 0.978. The minimum Gasteiger partial charge on any atom is -0.364 e. The molecule has 0 spiro atoms. The molecule has 0 aromatic heterocycles. The van der Waals surface area contributed by atoms with Crippen LogP contribution in [-0.2, 0) is 4.74 Å². The molecule has 1 aliphatic heterocycles. The van der Waals surface area contributed by atoms with E-state index in [0.717, 1.165) is 0 Å². The molecule has 1 fully saturated rings. The molecule has 2 heteroatoms. The Bertz CT molecular complexity index is 96.7. The van der Waals surface area contributed by atoms with Gasteiger partial charge in [-0.2, -0.15) is 0 Å². The summed E-state index contributed by atoms with van der Waals surface area (Å²) in [6.45, 7) is 5.76. The molecule has 0 amide bonds. The van der Waals surface area contributed by atoms with Gasteiger partial charge in [0.05, 0.1) is 0 Å². The fraction of sp³-hybridized carbons (Fsp3) is 1.00. The Kier molecular flexibility index (Phi) is 1.10. The van der Waals surface area contributed by atoms with Gasteiger partial charge in [-0.1, -0.05) is 13.8 Å². The summed E-state index contributed by atoms with van der Waals surface area (Å²) >= 11 is 0. The largest absolute Gasteiger partial charge is 0.364 e. The van der Waals surface area contributed by atoms with E-state index in [2.05, 4.69) is 0 Å². The van der Waals surface area contributed by atoms with Crippen molar-refractivity contribution in [3.63, 3.8) is 0 Å². The van der Waals surface area contributed by atoms with E-state index in [0.29, 0.717) is 5.92 Å². The Hall–Kier alpha value is -0.0800. The predicted molar refractivity (Wildman–Crippen MR) is 30.3 cm³/mol. The zero-order valence-electron chi connectivity index (χ0n) is 5.51. The second kappa shape index (κ2) is 1.45. The Morgan fingerprint density at radius 3 is 2.00 bits per heavy atom. The van der Waals surface area contributed by atoms with Gasteiger partial charge in [0.1, 0.15) is 6.10 Å². The number of hydrogen-bond donors (Lipinski definition) is 1. The van der Waals surface area contributed by atoms with Crippen LogP contribution in [0.4, 0.5) is 0 Å². The Morgan fingerprint density at radius 1 is 1.62 bits per heavy atom. The lowest BCUT2D eigenvalue weighted by Gasteiger charge is -1.97. The van der Waals surface area contributed by atoms with Crippen LogP contribution in [0, 0.1) is 5.92 Å². The summed E-state index contributed by atoms with van der Waals surface area (Å²) < 4.78 is 4.92. The third-order valence-electron chi connectivity index (χ3n) is 1.44. The highest BCUT2D eigenvalue weighted by molar-refractivity contribution is 4.90. The number of ether oxygens (including phenoxy) is 1. The van der Waals surface area contributed by atoms with E-state index in [4.69, 9.17) is 9.84 Å². The molecule has 1 rings (SSSR count). The Morgan fingerprint density at radius 2 is 2.00 bits per heavy atom. The Balaban J connectivity index is 2.37. The van der Waals surface area contributed by atoms with Crippen LogP contribution in [0.3, 0.4) is 0 Å². The number of aliphatic hydroxyl groups is 1. The van der Waals surface area contributed by atoms with Crippen molar-refractivity contribution in [2.75, 3.05) is 0 Å². The van der Waals surface area contributed by atoms with Crippen LogP contribution in [-0.4, -0.2) is 17.0 Å². The highest BCUT2D eigenvalue weighted by Crippen LogP contribution is 2.37. The van der Waals surface area contributed by atoms with Gasteiger partial charge in [-0.05, 0) is 12.8 Å². The van der Waals surface area contributed by atoms with E-state index < -0.39 is 5.79 Å². The minimum atomic E-state index is -0.811. The van der Waals surface area contributed by atoms with Crippen molar-refractivity contribution in [1.82, 2.24) is 0 Å². The van der Waals surface area contributed by atoms with Gasteiger partial charge in [0.15, 0.2) is 5.79 Å². The number of hydrogen-bond acceptors (Lipinski definition) is 2. The molecule has 2 unspecified atom stereocenters. The van der Waals surface area contributed by atoms with E-state index in [1.54, 1.807) is 6.92 Å². The maximum absolute atomic E-state index is 9.04. The van der Waals surface area contributed by atoms with Gasteiger partial charge in [0.2, 0.25) is 0 Å². The third kappa shape index (κ3) is 0.858. The molecule has 8 heavy (non-hydrogen) atoms. The van der Waals surface area contributed by atoms with Gasteiger partial charge in [-0.25, -0.2) is 0 Å². The van der Waals surface area contributed by atoms with Gasteiger partial charge < -0.3 is 9.84 Å². The molecule has 0 aliphatic carbocycles. The van der Waals surface area contributed by atoms with E-state index in [1.807, 2.05) is 13.8 Å². The summed E-state index contributed by atoms with van der Waals surface area (Å²) in [5, 5.41) is 9.04. The van der Waals surface area contributed by atoms with Gasteiger partial charge in [0.25, 0.3) is 0 Å². The fourth-order valence-corrected chi connectivity index (χ4v) is 0.978. The lowest BCUT2D eigenvalue weighted by atomic mass is 10.1. The third-order valence-corrected chi connectivity index (χ3v) is 1.44. The molecule has 48 valence electrons. The summed E-state index contributed by atoms with van der Waals surface area (Å²) in [5.41, 5.74) is 0. The molecule has 1 saturated heterocycles. The smallest absolute Gasteiger partial charge is 0.190 e. The zero-order valence-corrected chi connectivity index (χ0v) is 5.51. The summed E-state index contributed by atoms with van der Waals surface area (Å²) in [6.07, 6.45) is 0.0718. The van der Waals surface area contributed by atoms with Gasteiger partial charge in [0, 0.05) is 0 Å². The molecule has 1 N–H and O–H groups in total. The van der Waals surface area contributed by atoms with Crippen molar-refractivity contribution in [3.8, 4) is 0 Å². The average molecular weight is 116 g/mol. The van der Waals surface area contributed by atoms with Crippen LogP contribution in [0.25, 0.3) is 0 Å². The molecule has 0 bridgehead atoms. The van der Waals surface area contributed by atoms with E-state index in [1.165, 1.54) is 0 Å². The lowest BCUT2D eigenvalue weighted by molar-refractivity contribution is 0.0549. The highest BCUT2D eigenvalue weighted by atomic mass is 16.7. The SMILES string of the molecule is CC(C)C1OC1(C)O. The summed E-state index contributed by atoms with van der Waals surface area (Å²) in [5.74, 6) is -0.376. The first kappa shape index (κ1) is 6.05. The first-order chi connectivity index (χ1) is 3.54. The van der Waals surface area contributed by atoms with Crippen LogP contribution in [0.2, 0.25) is 0 Å². The van der Waals surface area contributed by atoms with E-state index in [9.17, 15) is 0 Å². The molecule has 1 aliphatic rings. The van der Waals surface area contributed by atoms with Crippen molar-refractivity contribution in [1.29, 1.82) is 0 Å². The van der Waals surface area contributed by atoms with E-state index in [-0.39, 0.29) is 6.10 Å². The van der Waals surface area contributed by atoms with Crippen LogP contribution >= 0.6 is 0 Å². The molecule has 0 saturated carbocycles. The standard InChI is InChI=1S/C6H12O2/c1-4(2)5-6(3,7)8-5/h4-5,7H,1-3H3. The minimum absolute atomic E-state index is 0.0718. The van der Waals surface area contributed by atoms with Gasteiger partial charge >= 0.3 is 0 Å². The zero-order chi connectivity index (χ0) is 6.36. The first-order valence-electron chi connectivity index (χ1n) is 2.94. The Labute approximate surface area is 49.5 Å². The number of epoxide rings is 1.